The van der Waals surface area contributed by atoms with Crippen LogP contribution in [0.3, 0.4) is 0 Å². The van der Waals surface area contributed by atoms with Crippen LogP contribution >= 0.6 is 0 Å². The molecule has 0 spiro atoms. The average molecular weight is 298 g/mol. The summed E-state index contributed by atoms with van der Waals surface area (Å²) in [6.45, 7) is 3.76. The highest BCUT2D eigenvalue weighted by molar-refractivity contribution is 5.27. The highest BCUT2D eigenvalue weighted by Crippen LogP contribution is 2.25. The number of hydrogen-bond donors (Lipinski definition) is 2. The van der Waals surface area contributed by atoms with Crippen molar-refractivity contribution in [2.75, 3.05) is 0 Å². The molecule has 21 heavy (non-hydrogen) atoms. The van der Waals surface area contributed by atoms with Gasteiger partial charge in [-0.05, 0) is 18.9 Å². The second kappa shape index (κ2) is 9.85. The van der Waals surface area contributed by atoms with Crippen LogP contribution in [0.25, 0.3) is 0 Å². The summed E-state index contributed by atoms with van der Waals surface area (Å²) in [5, 5.41) is 0. The molecule has 4 heteroatoms. The highest BCUT2D eigenvalue weighted by atomic mass is 19.2. The maximum Gasteiger partial charge on any atom is 0.163 e. The van der Waals surface area contributed by atoms with Crippen molar-refractivity contribution in [2.24, 2.45) is 5.84 Å². The normalized spacial score (nSPS) is 12.6. The van der Waals surface area contributed by atoms with Gasteiger partial charge in [0.2, 0.25) is 0 Å². The lowest BCUT2D eigenvalue weighted by Crippen LogP contribution is -2.29. The fourth-order valence-corrected chi connectivity index (χ4v) is 2.56. The number of aryl methyl sites for hydroxylation is 1. The van der Waals surface area contributed by atoms with E-state index in [2.05, 4.69) is 12.3 Å². The maximum atomic E-state index is 13.9. The van der Waals surface area contributed by atoms with Gasteiger partial charge in [-0.25, -0.2) is 8.78 Å². The summed E-state index contributed by atoms with van der Waals surface area (Å²) < 4.78 is 27.5. The Morgan fingerprint density at radius 2 is 1.62 bits per heavy atom. The summed E-state index contributed by atoms with van der Waals surface area (Å²) in [4.78, 5) is 0. The van der Waals surface area contributed by atoms with E-state index in [0.29, 0.717) is 11.1 Å². The monoisotopic (exact) mass is 298 g/mol. The molecule has 0 heterocycles. The van der Waals surface area contributed by atoms with Crippen molar-refractivity contribution >= 4 is 0 Å². The zero-order chi connectivity index (χ0) is 15.7. The standard InChI is InChI=1S/C17H28F2N2/c1-3-4-5-6-7-8-9-10-15(21-20)14-12-11-13(2)16(18)17(14)19/h11-12,15,21H,3-10,20H2,1-2H3. The zero-order valence-electron chi connectivity index (χ0n) is 13.2. The molecule has 0 aliphatic carbocycles. The summed E-state index contributed by atoms with van der Waals surface area (Å²) >= 11 is 0. The molecule has 120 valence electrons. The Morgan fingerprint density at radius 1 is 1.00 bits per heavy atom. The van der Waals surface area contributed by atoms with Crippen molar-refractivity contribution in [1.29, 1.82) is 0 Å². The Balaban J connectivity index is 2.43. The van der Waals surface area contributed by atoms with Gasteiger partial charge in [-0.3, -0.25) is 11.3 Å². The van der Waals surface area contributed by atoms with Crippen LogP contribution in [0.4, 0.5) is 8.78 Å². The zero-order valence-corrected chi connectivity index (χ0v) is 13.2. The third-order valence-electron chi connectivity index (χ3n) is 3.98. The van der Waals surface area contributed by atoms with Gasteiger partial charge < -0.3 is 0 Å². The number of hydrogen-bond acceptors (Lipinski definition) is 2. The molecule has 0 saturated carbocycles. The first-order valence-electron chi connectivity index (χ1n) is 8.02. The van der Waals surface area contributed by atoms with E-state index < -0.39 is 11.6 Å². The van der Waals surface area contributed by atoms with Crippen molar-refractivity contribution in [2.45, 2.75) is 71.3 Å². The minimum Gasteiger partial charge on any atom is -0.271 e. The molecule has 0 saturated heterocycles. The van der Waals surface area contributed by atoms with Gasteiger partial charge in [0.15, 0.2) is 11.6 Å². The molecule has 3 N–H and O–H groups in total. The third-order valence-corrected chi connectivity index (χ3v) is 3.98. The van der Waals surface area contributed by atoms with Gasteiger partial charge in [-0.15, -0.1) is 0 Å². The van der Waals surface area contributed by atoms with Crippen LogP contribution in [0.2, 0.25) is 0 Å². The lowest BCUT2D eigenvalue weighted by molar-refractivity contribution is 0.435. The van der Waals surface area contributed by atoms with Crippen LogP contribution in [-0.4, -0.2) is 0 Å². The molecule has 0 aliphatic rings. The van der Waals surface area contributed by atoms with E-state index in [1.54, 1.807) is 19.1 Å². The smallest absolute Gasteiger partial charge is 0.163 e. The molecular weight excluding hydrogens is 270 g/mol. The Bertz CT molecular complexity index is 421. The lowest BCUT2D eigenvalue weighted by Gasteiger charge is -2.17. The van der Waals surface area contributed by atoms with Gasteiger partial charge in [-0.2, -0.15) is 0 Å². The van der Waals surface area contributed by atoms with Crippen LogP contribution < -0.4 is 11.3 Å². The maximum absolute atomic E-state index is 13.9. The van der Waals surface area contributed by atoms with Crippen molar-refractivity contribution in [1.82, 2.24) is 5.43 Å². The predicted octanol–water partition coefficient (Wildman–Crippen LogP) is 4.92. The molecule has 1 unspecified atom stereocenters. The fraction of sp³-hybridized carbons (Fsp3) is 0.647. The highest BCUT2D eigenvalue weighted by Gasteiger charge is 2.18. The molecule has 2 nitrogen and oxygen atoms in total. The van der Waals surface area contributed by atoms with Crippen molar-refractivity contribution in [3.05, 3.63) is 34.9 Å². The summed E-state index contributed by atoms with van der Waals surface area (Å²) in [7, 11) is 0. The van der Waals surface area contributed by atoms with Crippen LogP contribution in [0.15, 0.2) is 12.1 Å². The van der Waals surface area contributed by atoms with Gasteiger partial charge in [0.1, 0.15) is 0 Å². The number of rotatable bonds is 10. The SMILES string of the molecule is CCCCCCCCCC(NN)c1ccc(C)c(F)c1F. The largest absolute Gasteiger partial charge is 0.271 e. The first-order chi connectivity index (χ1) is 10.1. The number of nitrogens with one attached hydrogen (secondary N) is 1. The molecule has 1 aromatic rings. The summed E-state index contributed by atoms with van der Waals surface area (Å²) in [5.41, 5.74) is 3.26. The van der Waals surface area contributed by atoms with Gasteiger partial charge >= 0.3 is 0 Å². The number of unbranched alkanes of at least 4 members (excludes halogenated alkanes) is 6. The molecule has 0 bridgehead atoms. The van der Waals surface area contributed by atoms with Gasteiger partial charge in [0, 0.05) is 11.6 Å². The molecule has 1 aromatic carbocycles. The lowest BCUT2D eigenvalue weighted by atomic mass is 9.98. The molecule has 0 fully saturated rings. The van der Waals surface area contributed by atoms with E-state index in [1.807, 2.05) is 0 Å². The van der Waals surface area contributed by atoms with E-state index in [4.69, 9.17) is 5.84 Å². The number of benzene rings is 1. The number of hydrazine groups is 1. The van der Waals surface area contributed by atoms with Crippen molar-refractivity contribution in [3.8, 4) is 0 Å². The first kappa shape index (κ1) is 18.1. The molecule has 1 atom stereocenters. The molecular formula is C17H28F2N2. The fourth-order valence-electron chi connectivity index (χ4n) is 2.56. The topological polar surface area (TPSA) is 38.0 Å². The van der Waals surface area contributed by atoms with Gasteiger partial charge in [-0.1, -0.05) is 64.0 Å². The van der Waals surface area contributed by atoms with E-state index in [9.17, 15) is 8.78 Å². The van der Waals surface area contributed by atoms with Crippen LogP contribution in [0, 0.1) is 18.6 Å². The van der Waals surface area contributed by atoms with Gasteiger partial charge in [0.25, 0.3) is 0 Å². The Morgan fingerprint density at radius 3 is 2.24 bits per heavy atom. The van der Waals surface area contributed by atoms with Crippen molar-refractivity contribution in [3.63, 3.8) is 0 Å². The Hall–Kier alpha value is -1.00. The van der Waals surface area contributed by atoms with Crippen LogP contribution in [0.1, 0.15) is 75.5 Å². The Labute approximate surface area is 127 Å². The second-order valence-electron chi connectivity index (χ2n) is 5.73. The Kier molecular flexibility index (Phi) is 8.47. The first-order valence-corrected chi connectivity index (χ1v) is 8.02. The number of nitrogens with two attached hydrogens (primary N) is 1. The molecule has 0 aromatic heterocycles. The minimum atomic E-state index is -0.777. The molecule has 0 amide bonds. The van der Waals surface area contributed by atoms with E-state index >= 15 is 0 Å². The van der Waals surface area contributed by atoms with Gasteiger partial charge in [0.05, 0.1) is 0 Å². The molecule has 0 radical (unpaired) electrons. The summed E-state index contributed by atoms with van der Waals surface area (Å²) in [6, 6.07) is 2.90. The van der Waals surface area contributed by atoms with E-state index in [0.717, 1.165) is 19.3 Å². The molecule has 1 rings (SSSR count). The predicted molar refractivity (Wildman–Crippen MR) is 83.8 cm³/mol. The van der Waals surface area contributed by atoms with E-state index in [1.165, 1.54) is 32.1 Å². The quantitative estimate of drug-likeness (QED) is 0.365. The minimum absolute atomic E-state index is 0.322. The summed E-state index contributed by atoms with van der Waals surface area (Å²) in [6.07, 6.45) is 9.08. The van der Waals surface area contributed by atoms with E-state index in [-0.39, 0.29) is 6.04 Å². The van der Waals surface area contributed by atoms with Crippen LogP contribution in [0.5, 0.6) is 0 Å². The average Bonchev–Trinajstić information content (AvgIpc) is 2.49. The third kappa shape index (κ3) is 5.71. The van der Waals surface area contributed by atoms with Crippen molar-refractivity contribution < 1.29 is 8.78 Å². The second-order valence-corrected chi connectivity index (χ2v) is 5.73. The van der Waals surface area contributed by atoms with Crippen LogP contribution in [-0.2, 0) is 0 Å². The number of halogens is 2. The molecule has 0 aliphatic heterocycles. The summed E-state index contributed by atoms with van der Waals surface area (Å²) in [5.74, 6) is 3.96.